The molecule has 0 bridgehead atoms. The fourth-order valence-electron chi connectivity index (χ4n) is 4.90. The number of hydrogen-bond donors (Lipinski definition) is 2. The van der Waals surface area contributed by atoms with Crippen LogP contribution in [-0.4, -0.2) is 83.2 Å². The zero-order valence-corrected chi connectivity index (χ0v) is 23.7. The van der Waals surface area contributed by atoms with Crippen molar-refractivity contribution in [1.82, 2.24) is 14.2 Å². The Labute approximate surface area is 230 Å². The van der Waals surface area contributed by atoms with Crippen LogP contribution in [0.25, 0.3) is 0 Å². The fraction of sp³-hybridized carbons (Fsp3) is 0.517. The summed E-state index contributed by atoms with van der Waals surface area (Å²) in [6, 6.07) is 7.77. The molecule has 0 spiro atoms. The van der Waals surface area contributed by atoms with E-state index in [1.807, 2.05) is 13.8 Å². The standard InChI is InChI=1S/C29H37N3O6S/c1-20-7-9-24(10-8-20)39(36,37)31(4)18-26-21(2)17-32(22(3)19-33)28(34)25-15-23(16-30-27(25)38-26)11-14-29(35)12-5-6-13-29/h7-10,15-16,21-22,26,33,35H,5-6,12-13,17-19H2,1-4H3/t21-,22+,26+/m0/s1. The molecule has 1 fully saturated rings. The lowest BCUT2D eigenvalue weighted by Crippen LogP contribution is -2.50. The highest BCUT2D eigenvalue weighted by Gasteiger charge is 2.36. The van der Waals surface area contributed by atoms with E-state index in [4.69, 9.17) is 4.74 Å². The Bertz CT molecular complexity index is 1360. The summed E-state index contributed by atoms with van der Waals surface area (Å²) >= 11 is 0. The first-order chi connectivity index (χ1) is 18.4. The third-order valence-electron chi connectivity index (χ3n) is 7.56. The number of nitrogens with zero attached hydrogens (tertiary/aromatic N) is 3. The van der Waals surface area contributed by atoms with Gasteiger partial charge >= 0.3 is 0 Å². The van der Waals surface area contributed by atoms with Crippen LogP contribution in [0.1, 0.15) is 61.0 Å². The monoisotopic (exact) mass is 555 g/mol. The third kappa shape index (κ3) is 6.44. The summed E-state index contributed by atoms with van der Waals surface area (Å²) in [5.74, 6) is 5.35. The van der Waals surface area contributed by atoms with Crippen LogP contribution in [0.5, 0.6) is 5.88 Å². The van der Waals surface area contributed by atoms with E-state index in [0.29, 0.717) is 18.4 Å². The third-order valence-corrected chi connectivity index (χ3v) is 9.40. The Kier molecular flexibility index (Phi) is 8.66. The van der Waals surface area contributed by atoms with Gasteiger partial charge in [-0.1, -0.05) is 36.5 Å². The molecule has 2 aliphatic rings. The summed E-state index contributed by atoms with van der Waals surface area (Å²) in [4.78, 5) is 19.8. The topological polar surface area (TPSA) is 120 Å². The van der Waals surface area contributed by atoms with Crippen molar-refractivity contribution >= 4 is 15.9 Å². The Hall–Kier alpha value is -2.97. The molecule has 1 aromatic carbocycles. The van der Waals surface area contributed by atoms with Gasteiger partial charge in [0.2, 0.25) is 15.9 Å². The molecule has 210 valence electrons. The second-order valence-electron chi connectivity index (χ2n) is 10.8. The van der Waals surface area contributed by atoms with E-state index in [0.717, 1.165) is 18.4 Å². The molecule has 0 radical (unpaired) electrons. The molecule has 10 heteroatoms. The normalized spacial score (nSPS) is 21.8. The molecular formula is C29H37N3O6S. The summed E-state index contributed by atoms with van der Waals surface area (Å²) in [7, 11) is -2.28. The zero-order chi connectivity index (χ0) is 28.4. The summed E-state index contributed by atoms with van der Waals surface area (Å²) in [6.07, 6.45) is 3.93. The molecule has 1 aromatic heterocycles. The van der Waals surface area contributed by atoms with Gasteiger partial charge in [-0.3, -0.25) is 4.79 Å². The number of aliphatic hydroxyl groups excluding tert-OH is 1. The number of carbonyl (C=O) groups is 1. The number of sulfonamides is 1. The van der Waals surface area contributed by atoms with Crippen LogP contribution < -0.4 is 4.74 Å². The molecule has 3 atom stereocenters. The van der Waals surface area contributed by atoms with Gasteiger partial charge in [-0.2, -0.15) is 4.31 Å². The van der Waals surface area contributed by atoms with E-state index in [9.17, 15) is 23.4 Å². The van der Waals surface area contributed by atoms with Crippen molar-refractivity contribution in [3.8, 4) is 17.7 Å². The molecule has 4 rings (SSSR count). The number of rotatable bonds is 6. The first-order valence-corrected chi connectivity index (χ1v) is 14.7. The van der Waals surface area contributed by atoms with E-state index in [1.54, 1.807) is 42.2 Å². The summed E-state index contributed by atoms with van der Waals surface area (Å²) in [5.41, 5.74) is 0.574. The van der Waals surface area contributed by atoms with E-state index in [1.165, 1.54) is 17.5 Å². The maximum absolute atomic E-state index is 13.6. The number of hydrogen-bond acceptors (Lipinski definition) is 7. The molecule has 2 N–H and O–H groups in total. The number of carbonyl (C=O) groups excluding carboxylic acids is 1. The summed E-state index contributed by atoms with van der Waals surface area (Å²) in [6.45, 7) is 5.57. The largest absolute Gasteiger partial charge is 0.472 e. The maximum Gasteiger partial charge on any atom is 0.259 e. The van der Waals surface area contributed by atoms with Gasteiger partial charge in [0.15, 0.2) is 0 Å². The summed E-state index contributed by atoms with van der Waals surface area (Å²) < 4.78 is 34.0. The highest BCUT2D eigenvalue weighted by molar-refractivity contribution is 7.89. The minimum Gasteiger partial charge on any atom is -0.472 e. The van der Waals surface area contributed by atoms with Crippen LogP contribution in [0.2, 0.25) is 0 Å². The number of pyridine rings is 1. The van der Waals surface area contributed by atoms with Gasteiger partial charge in [0.05, 0.1) is 24.1 Å². The second-order valence-corrected chi connectivity index (χ2v) is 12.8. The van der Waals surface area contributed by atoms with Crippen LogP contribution in [0.4, 0.5) is 0 Å². The van der Waals surface area contributed by atoms with E-state index < -0.39 is 27.8 Å². The molecule has 0 unspecified atom stereocenters. The van der Waals surface area contributed by atoms with Crippen molar-refractivity contribution in [2.24, 2.45) is 5.92 Å². The fourth-order valence-corrected chi connectivity index (χ4v) is 6.09. The Morgan fingerprint density at radius 3 is 2.56 bits per heavy atom. The molecule has 1 amide bonds. The number of aryl methyl sites for hydroxylation is 1. The quantitative estimate of drug-likeness (QED) is 0.526. The molecule has 1 saturated carbocycles. The smallest absolute Gasteiger partial charge is 0.259 e. The number of fused-ring (bicyclic) bond motifs is 1. The average molecular weight is 556 g/mol. The van der Waals surface area contributed by atoms with Crippen LogP contribution in [-0.2, 0) is 10.0 Å². The molecule has 39 heavy (non-hydrogen) atoms. The minimum absolute atomic E-state index is 0.0304. The summed E-state index contributed by atoms with van der Waals surface area (Å²) in [5, 5.41) is 20.5. The predicted molar refractivity (Wildman–Crippen MR) is 147 cm³/mol. The molecule has 1 aliphatic carbocycles. The van der Waals surface area contributed by atoms with Gasteiger partial charge in [-0.15, -0.1) is 0 Å². The predicted octanol–water partition coefficient (Wildman–Crippen LogP) is 2.59. The number of aromatic nitrogens is 1. The lowest BCUT2D eigenvalue weighted by atomic mass is 10.00. The number of likely N-dealkylation sites (N-methyl/N-ethyl adjacent to an activating group) is 1. The number of ether oxygens (including phenoxy) is 1. The number of amides is 1. The Morgan fingerprint density at radius 2 is 1.92 bits per heavy atom. The van der Waals surface area contributed by atoms with E-state index >= 15 is 0 Å². The molecule has 1 aliphatic heterocycles. The molecular weight excluding hydrogens is 518 g/mol. The number of aliphatic hydroxyl groups is 2. The van der Waals surface area contributed by atoms with Crippen LogP contribution in [0.15, 0.2) is 41.4 Å². The van der Waals surface area contributed by atoms with Gasteiger partial charge in [0.25, 0.3) is 5.91 Å². The van der Waals surface area contributed by atoms with E-state index in [-0.39, 0.29) is 47.9 Å². The molecule has 2 aromatic rings. The van der Waals surface area contributed by atoms with Gasteiger partial charge in [-0.05, 0) is 57.7 Å². The van der Waals surface area contributed by atoms with Crippen molar-refractivity contribution in [3.05, 3.63) is 53.2 Å². The zero-order valence-electron chi connectivity index (χ0n) is 22.9. The second kappa shape index (κ2) is 11.6. The lowest BCUT2D eigenvalue weighted by Gasteiger charge is -2.37. The van der Waals surface area contributed by atoms with Gasteiger partial charge in [0, 0.05) is 31.3 Å². The van der Waals surface area contributed by atoms with Gasteiger partial charge < -0.3 is 19.8 Å². The first-order valence-electron chi connectivity index (χ1n) is 13.3. The van der Waals surface area contributed by atoms with E-state index in [2.05, 4.69) is 16.8 Å². The van der Waals surface area contributed by atoms with Crippen molar-refractivity contribution < 1.29 is 28.2 Å². The van der Waals surface area contributed by atoms with Crippen molar-refractivity contribution in [1.29, 1.82) is 0 Å². The Morgan fingerprint density at radius 1 is 1.26 bits per heavy atom. The van der Waals surface area contributed by atoms with Crippen LogP contribution in [0.3, 0.4) is 0 Å². The number of benzene rings is 1. The van der Waals surface area contributed by atoms with Crippen molar-refractivity contribution in [2.75, 3.05) is 26.7 Å². The van der Waals surface area contributed by atoms with Crippen molar-refractivity contribution in [3.63, 3.8) is 0 Å². The Balaban J connectivity index is 1.66. The lowest BCUT2D eigenvalue weighted by molar-refractivity contribution is 0.0373. The highest BCUT2D eigenvalue weighted by atomic mass is 32.2. The van der Waals surface area contributed by atoms with Crippen LogP contribution in [0, 0.1) is 24.7 Å². The average Bonchev–Trinajstić information content (AvgIpc) is 3.35. The van der Waals surface area contributed by atoms with Gasteiger partial charge in [0.1, 0.15) is 17.3 Å². The van der Waals surface area contributed by atoms with Gasteiger partial charge in [-0.25, -0.2) is 13.4 Å². The molecule has 2 heterocycles. The first kappa shape index (κ1) is 29.0. The molecule has 9 nitrogen and oxygen atoms in total. The van der Waals surface area contributed by atoms with Crippen LogP contribution >= 0.6 is 0 Å². The SMILES string of the molecule is Cc1ccc(S(=O)(=O)N(C)C[C@H]2Oc3ncc(C#CC4(O)CCCC4)cc3C(=O)N([C@H](C)CO)C[C@@H]2C)cc1. The highest BCUT2D eigenvalue weighted by Crippen LogP contribution is 2.30. The van der Waals surface area contributed by atoms with Crippen molar-refractivity contribution in [2.45, 2.75) is 69.1 Å². The maximum atomic E-state index is 13.6. The minimum atomic E-state index is -3.78. The molecule has 0 saturated heterocycles.